The van der Waals surface area contributed by atoms with Crippen LogP contribution in [-0.4, -0.2) is 5.78 Å². The van der Waals surface area contributed by atoms with Crippen molar-refractivity contribution in [3.05, 3.63) is 76.4 Å². The first-order chi connectivity index (χ1) is 9.70. The Kier molecular flexibility index (Phi) is 5.13. The molecular formula is C17H16BrNO. The number of benzene rings is 2. The quantitative estimate of drug-likeness (QED) is 0.629. The molecule has 0 radical (unpaired) electrons. The third kappa shape index (κ3) is 3.81. The molecule has 0 heterocycles. The molecule has 2 rings (SSSR count). The van der Waals surface area contributed by atoms with Gasteiger partial charge in [-0.3, -0.25) is 4.79 Å². The Hall–Kier alpha value is -1.87. The highest BCUT2D eigenvalue weighted by molar-refractivity contribution is 9.10. The van der Waals surface area contributed by atoms with Crippen molar-refractivity contribution < 1.29 is 4.79 Å². The molecule has 0 amide bonds. The van der Waals surface area contributed by atoms with Crippen LogP contribution in [0.15, 0.2) is 65.3 Å². The first kappa shape index (κ1) is 14.5. The molecule has 0 spiro atoms. The van der Waals surface area contributed by atoms with Gasteiger partial charge in [-0.25, -0.2) is 0 Å². The van der Waals surface area contributed by atoms with Crippen molar-refractivity contribution in [1.29, 1.82) is 0 Å². The normalized spacial score (nSPS) is 10.7. The van der Waals surface area contributed by atoms with E-state index in [2.05, 4.69) is 34.2 Å². The molecule has 2 aromatic rings. The average molecular weight is 330 g/mol. The molecule has 2 nitrogen and oxygen atoms in total. The van der Waals surface area contributed by atoms with Gasteiger partial charge in [-0.1, -0.05) is 41.1 Å². The standard InChI is InChI=1S/C17H16BrNO/c1-2-13-5-3-4-6-16(13)19-12-11-17(20)14-7-9-15(18)10-8-14/h3-12,19H,2H2,1H3/b12-11-. The Morgan fingerprint density at radius 2 is 1.85 bits per heavy atom. The Morgan fingerprint density at radius 3 is 2.55 bits per heavy atom. The molecule has 0 aromatic heterocycles. The van der Waals surface area contributed by atoms with E-state index in [9.17, 15) is 4.79 Å². The van der Waals surface area contributed by atoms with Crippen LogP contribution in [0.4, 0.5) is 5.69 Å². The Labute approximate surface area is 127 Å². The topological polar surface area (TPSA) is 29.1 Å². The largest absolute Gasteiger partial charge is 0.361 e. The number of nitrogens with one attached hydrogen (secondary N) is 1. The number of anilines is 1. The van der Waals surface area contributed by atoms with Crippen LogP contribution < -0.4 is 5.32 Å². The SMILES string of the molecule is CCc1ccccc1N/C=C\C(=O)c1ccc(Br)cc1. The molecule has 0 saturated heterocycles. The molecular weight excluding hydrogens is 314 g/mol. The monoisotopic (exact) mass is 329 g/mol. The number of allylic oxidation sites excluding steroid dienone is 1. The number of hydrogen-bond donors (Lipinski definition) is 1. The molecule has 0 bridgehead atoms. The Balaban J connectivity index is 2.03. The smallest absolute Gasteiger partial charge is 0.187 e. The van der Waals surface area contributed by atoms with Crippen molar-refractivity contribution in [2.24, 2.45) is 0 Å². The summed E-state index contributed by atoms with van der Waals surface area (Å²) in [5, 5.41) is 3.17. The van der Waals surface area contributed by atoms with Gasteiger partial charge in [0, 0.05) is 28.0 Å². The van der Waals surface area contributed by atoms with Crippen molar-refractivity contribution in [2.45, 2.75) is 13.3 Å². The fraction of sp³-hybridized carbons (Fsp3) is 0.118. The molecule has 0 unspecified atom stereocenters. The van der Waals surface area contributed by atoms with E-state index in [0.717, 1.165) is 16.6 Å². The molecule has 102 valence electrons. The van der Waals surface area contributed by atoms with E-state index >= 15 is 0 Å². The van der Waals surface area contributed by atoms with Crippen LogP contribution in [0.25, 0.3) is 0 Å². The van der Waals surface area contributed by atoms with Gasteiger partial charge >= 0.3 is 0 Å². The zero-order chi connectivity index (χ0) is 14.4. The lowest BCUT2D eigenvalue weighted by Gasteiger charge is -2.06. The van der Waals surface area contributed by atoms with Crippen LogP contribution in [-0.2, 0) is 6.42 Å². The third-order valence-electron chi connectivity index (χ3n) is 3.00. The second-order valence-corrected chi connectivity index (χ2v) is 5.28. The summed E-state index contributed by atoms with van der Waals surface area (Å²) in [6.07, 6.45) is 4.20. The first-order valence-corrected chi connectivity index (χ1v) is 7.31. The minimum atomic E-state index is -0.0148. The second-order valence-electron chi connectivity index (χ2n) is 4.36. The van der Waals surface area contributed by atoms with Crippen molar-refractivity contribution in [3.63, 3.8) is 0 Å². The van der Waals surface area contributed by atoms with Crippen LogP contribution in [0, 0.1) is 0 Å². The molecule has 0 fully saturated rings. The van der Waals surface area contributed by atoms with E-state index in [4.69, 9.17) is 0 Å². The fourth-order valence-corrected chi connectivity index (χ4v) is 2.15. The van der Waals surface area contributed by atoms with Gasteiger partial charge in [0.05, 0.1) is 0 Å². The van der Waals surface area contributed by atoms with Crippen LogP contribution >= 0.6 is 15.9 Å². The van der Waals surface area contributed by atoms with Gasteiger partial charge in [-0.2, -0.15) is 0 Å². The maximum atomic E-state index is 12.0. The van der Waals surface area contributed by atoms with Gasteiger partial charge in [-0.15, -0.1) is 0 Å². The van der Waals surface area contributed by atoms with Crippen molar-refractivity contribution in [2.75, 3.05) is 5.32 Å². The average Bonchev–Trinajstić information content (AvgIpc) is 2.48. The number of aryl methyl sites for hydroxylation is 1. The Morgan fingerprint density at radius 1 is 1.15 bits per heavy atom. The lowest BCUT2D eigenvalue weighted by molar-refractivity contribution is 0.104. The second kappa shape index (κ2) is 7.06. The number of ketones is 1. The lowest BCUT2D eigenvalue weighted by atomic mass is 10.1. The molecule has 0 aliphatic heterocycles. The summed E-state index contributed by atoms with van der Waals surface area (Å²) in [6, 6.07) is 15.4. The number of carbonyl (C=O) groups is 1. The highest BCUT2D eigenvalue weighted by Gasteiger charge is 2.01. The minimum Gasteiger partial charge on any atom is -0.361 e. The van der Waals surface area contributed by atoms with E-state index in [0.29, 0.717) is 5.56 Å². The first-order valence-electron chi connectivity index (χ1n) is 6.51. The predicted octanol–water partition coefficient (Wildman–Crippen LogP) is 4.82. The number of hydrogen-bond acceptors (Lipinski definition) is 2. The van der Waals surface area contributed by atoms with Gasteiger partial charge < -0.3 is 5.32 Å². The highest BCUT2D eigenvalue weighted by atomic mass is 79.9. The van der Waals surface area contributed by atoms with Crippen molar-refractivity contribution >= 4 is 27.4 Å². The van der Waals surface area contributed by atoms with E-state index < -0.39 is 0 Å². The van der Waals surface area contributed by atoms with Gasteiger partial charge in [0.1, 0.15) is 0 Å². The van der Waals surface area contributed by atoms with Gasteiger partial charge in [-0.05, 0) is 42.3 Å². The summed E-state index contributed by atoms with van der Waals surface area (Å²) in [6.45, 7) is 2.11. The number of para-hydroxylation sites is 1. The number of carbonyl (C=O) groups excluding carboxylic acids is 1. The van der Waals surface area contributed by atoms with Crippen LogP contribution in [0.2, 0.25) is 0 Å². The summed E-state index contributed by atoms with van der Waals surface area (Å²) in [5.74, 6) is -0.0148. The number of halogens is 1. The predicted molar refractivity (Wildman–Crippen MR) is 87.1 cm³/mol. The highest BCUT2D eigenvalue weighted by Crippen LogP contribution is 2.15. The van der Waals surface area contributed by atoms with Crippen molar-refractivity contribution in [3.8, 4) is 0 Å². The van der Waals surface area contributed by atoms with Crippen LogP contribution in [0.5, 0.6) is 0 Å². The summed E-state index contributed by atoms with van der Waals surface area (Å²) < 4.78 is 0.966. The zero-order valence-electron chi connectivity index (χ0n) is 11.3. The van der Waals surface area contributed by atoms with Gasteiger partial charge in [0.2, 0.25) is 0 Å². The fourth-order valence-electron chi connectivity index (χ4n) is 1.89. The van der Waals surface area contributed by atoms with Crippen molar-refractivity contribution in [1.82, 2.24) is 0 Å². The molecule has 1 N–H and O–H groups in total. The summed E-state index contributed by atoms with van der Waals surface area (Å²) in [4.78, 5) is 12.0. The summed E-state index contributed by atoms with van der Waals surface area (Å²) >= 11 is 3.35. The maximum Gasteiger partial charge on any atom is 0.187 e. The van der Waals surface area contributed by atoms with Crippen LogP contribution in [0.1, 0.15) is 22.8 Å². The van der Waals surface area contributed by atoms with E-state index in [1.54, 1.807) is 24.4 Å². The van der Waals surface area contributed by atoms with Gasteiger partial charge in [0.15, 0.2) is 5.78 Å². The summed E-state index contributed by atoms with van der Waals surface area (Å²) in [7, 11) is 0. The Bertz CT molecular complexity index is 617. The minimum absolute atomic E-state index is 0.0148. The lowest BCUT2D eigenvalue weighted by Crippen LogP contribution is -1.97. The molecule has 0 saturated carbocycles. The molecule has 0 aliphatic rings. The molecule has 2 aromatic carbocycles. The zero-order valence-corrected chi connectivity index (χ0v) is 12.9. The molecule has 0 aliphatic carbocycles. The summed E-state index contributed by atoms with van der Waals surface area (Å²) in [5.41, 5.74) is 2.94. The number of rotatable bonds is 5. The maximum absolute atomic E-state index is 12.0. The van der Waals surface area contributed by atoms with E-state index in [1.807, 2.05) is 30.3 Å². The molecule has 0 atom stereocenters. The van der Waals surface area contributed by atoms with E-state index in [-0.39, 0.29) is 5.78 Å². The third-order valence-corrected chi connectivity index (χ3v) is 3.53. The van der Waals surface area contributed by atoms with E-state index in [1.165, 1.54) is 5.56 Å². The molecule has 20 heavy (non-hydrogen) atoms. The van der Waals surface area contributed by atoms with Gasteiger partial charge in [0.25, 0.3) is 0 Å². The molecule has 3 heteroatoms. The van der Waals surface area contributed by atoms with Crippen LogP contribution in [0.3, 0.4) is 0 Å².